The molecule has 1 aliphatic heterocycles. The van der Waals surface area contributed by atoms with Crippen molar-refractivity contribution in [2.24, 2.45) is 5.73 Å². The van der Waals surface area contributed by atoms with E-state index in [1.807, 2.05) is 35.2 Å². The van der Waals surface area contributed by atoms with E-state index in [1.54, 1.807) is 11.3 Å². The zero-order valence-corrected chi connectivity index (χ0v) is 18.7. The molecule has 2 aliphatic carbocycles. The first kappa shape index (κ1) is 20.5. The van der Waals surface area contributed by atoms with Gasteiger partial charge in [0, 0.05) is 22.6 Å². The van der Waals surface area contributed by atoms with Gasteiger partial charge in [0.1, 0.15) is 16.9 Å². The first-order chi connectivity index (χ1) is 15.7. The molecule has 0 fully saturated rings. The molecule has 0 amide bonds. The fourth-order valence-corrected chi connectivity index (χ4v) is 6.68. The van der Waals surface area contributed by atoms with Gasteiger partial charge in [-0.1, -0.05) is 36.8 Å². The first-order valence-electron chi connectivity index (χ1n) is 11.2. The highest BCUT2D eigenvalue weighted by Gasteiger charge is 2.41. The van der Waals surface area contributed by atoms with Crippen LogP contribution in [0.5, 0.6) is 0 Å². The predicted molar refractivity (Wildman–Crippen MR) is 125 cm³/mol. The van der Waals surface area contributed by atoms with Gasteiger partial charge in [-0.25, -0.2) is 0 Å². The summed E-state index contributed by atoms with van der Waals surface area (Å²) in [7, 11) is 0. The molecule has 5 rings (SSSR count). The first-order valence-corrected chi connectivity index (χ1v) is 12.0. The topological polar surface area (TPSA) is 93.9 Å². The zero-order valence-electron chi connectivity index (χ0n) is 17.9. The lowest BCUT2D eigenvalue weighted by Gasteiger charge is -2.39. The number of nitriles is 2. The summed E-state index contributed by atoms with van der Waals surface area (Å²) in [5, 5.41) is 21.0. The molecule has 0 saturated heterocycles. The molecule has 1 atom stereocenters. The van der Waals surface area contributed by atoms with Gasteiger partial charge in [-0.2, -0.15) is 10.5 Å². The molecular weight excluding hydrogens is 416 g/mol. The van der Waals surface area contributed by atoms with E-state index < -0.39 is 5.92 Å². The Labute approximate surface area is 192 Å². The van der Waals surface area contributed by atoms with Gasteiger partial charge < -0.3 is 5.73 Å². The Balaban J connectivity index is 1.75. The van der Waals surface area contributed by atoms with Crippen molar-refractivity contribution in [3.05, 3.63) is 74.6 Å². The maximum atomic E-state index is 13.2. The molecule has 2 aromatic rings. The summed E-state index contributed by atoms with van der Waals surface area (Å²) in [4.78, 5) is 16.4. The molecule has 160 valence electrons. The van der Waals surface area contributed by atoms with E-state index in [0.29, 0.717) is 35.4 Å². The number of fused-ring (bicyclic) bond motifs is 1. The molecule has 5 nitrogen and oxygen atoms in total. The van der Waals surface area contributed by atoms with Crippen molar-refractivity contribution < 1.29 is 4.79 Å². The molecule has 0 bridgehead atoms. The van der Waals surface area contributed by atoms with Crippen molar-refractivity contribution in [1.82, 2.24) is 0 Å². The Kier molecular flexibility index (Phi) is 5.33. The van der Waals surface area contributed by atoms with Crippen molar-refractivity contribution in [2.75, 3.05) is 4.90 Å². The van der Waals surface area contributed by atoms with Crippen molar-refractivity contribution in [1.29, 1.82) is 10.5 Å². The number of carbonyl (C=O) groups excluding carboxylic acids is 1. The highest BCUT2D eigenvalue weighted by molar-refractivity contribution is 7.16. The Hall–Kier alpha value is -3.35. The number of Topliss-reactive ketones (excluding diaryl/α,β-unsaturated/α-hetero) is 1. The smallest absolute Gasteiger partial charge is 0.161 e. The second kappa shape index (κ2) is 8.30. The van der Waals surface area contributed by atoms with Gasteiger partial charge in [0.25, 0.3) is 0 Å². The lowest BCUT2D eigenvalue weighted by molar-refractivity contribution is -0.116. The number of nitrogens with zero attached hydrogens (tertiary/aromatic N) is 3. The van der Waals surface area contributed by atoms with E-state index in [0.717, 1.165) is 53.9 Å². The second-order valence-corrected chi connectivity index (χ2v) is 9.67. The summed E-state index contributed by atoms with van der Waals surface area (Å²) in [5.41, 5.74) is 11.3. The van der Waals surface area contributed by atoms with Crippen LogP contribution >= 0.6 is 11.3 Å². The average molecular weight is 441 g/mol. The number of aryl methyl sites for hydroxylation is 1. The van der Waals surface area contributed by atoms with Crippen LogP contribution < -0.4 is 10.6 Å². The van der Waals surface area contributed by atoms with Gasteiger partial charge in [-0.15, -0.1) is 11.3 Å². The minimum Gasteiger partial charge on any atom is -0.384 e. The van der Waals surface area contributed by atoms with Gasteiger partial charge in [0.05, 0.1) is 23.1 Å². The number of hydrogen-bond donors (Lipinski definition) is 1. The van der Waals surface area contributed by atoms with Crippen molar-refractivity contribution in [3.8, 4) is 12.1 Å². The van der Waals surface area contributed by atoms with Gasteiger partial charge in [0.2, 0.25) is 0 Å². The van der Waals surface area contributed by atoms with Crippen LogP contribution in [-0.4, -0.2) is 5.78 Å². The molecular formula is C26H24N4OS. The fourth-order valence-electron chi connectivity index (χ4n) is 5.30. The molecule has 0 unspecified atom stereocenters. The highest BCUT2D eigenvalue weighted by atomic mass is 32.1. The van der Waals surface area contributed by atoms with Gasteiger partial charge in [0.15, 0.2) is 5.78 Å². The van der Waals surface area contributed by atoms with Crippen LogP contribution in [0.3, 0.4) is 0 Å². The van der Waals surface area contributed by atoms with Gasteiger partial charge in [-0.3, -0.25) is 9.69 Å². The molecule has 2 N–H and O–H groups in total. The third kappa shape index (κ3) is 3.15. The van der Waals surface area contributed by atoms with E-state index >= 15 is 0 Å². The van der Waals surface area contributed by atoms with Gasteiger partial charge >= 0.3 is 0 Å². The van der Waals surface area contributed by atoms with E-state index in [4.69, 9.17) is 5.73 Å². The van der Waals surface area contributed by atoms with Crippen molar-refractivity contribution in [2.45, 2.75) is 57.3 Å². The highest BCUT2D eigenvalue weighted by Crippen LogP contribution is 2.49. The van der Waals surface area contributed by atoms with E-state index in [9.17, 15) is 15.3 Å². The van der Waals surface area contributed by atoms with Crippen LogP contribution in [-0.2, 0) is 17.6 Å². The largest absolute Gasteiger partial charge is 0.384 e. The number of rotatable bonds is 2. The number of hydrogen-bond acceptors (Lipinski definition) is 6. The predicted octanol–water partition coefficient (Wildman–Crippen LogP) is 5.19. The fraction of sp³-hybridized carbons (Fsp3) is 0.346. The number of allylic oxidation sites excluding steroid dienone is 3. The number of nitrogens with two attached hydrogens (primary N) is 1. The summed E-state index contributed by atoms with van der Waals surface area (Å²) >= 11 is 1.61. The molecule has 2 heterocycles. The SMILES string of the molecule is N#CC1=C(N)N(c2sc3c(c2C#N)CCCCC3)C2=C(C(=O)CCC2)[C@@H]1c1ccccc1. The summed E-state index contributed by atoms with van der Waals surface area (Å²) in [6, 6.07) is 14.4. The van der Waals surface area contributed by atoms with Crippen molar-refractivity contribution >= 4 is 22.1 Å². The normalized spacial score (nSPS) is 20.9. The third-order valence-corrected chi connectivity index (χ3v) is 8.04. The number of anilines is 1. The van der Waals surface area contributed by atoms with Crippen molar-refractivity contribution in [3.63, 3.8) is 0 Å². The minimum absolute atomic E-state index is 0.0713. The summed E-state index contributed by atoms with van der Waals surface area (Å²) < 4.78 is 0. The number of benzene rings is 1. The quantitative estimate of drug-likeness (QED) is 0.648. The van der Waals surface area contributed by atoms with Gasteiger partial charge in [-0.05, 0) is 49.7 Å². The Morgan fingerprint density at radius 3 is 2.50 bits per heavy atom. The van der Waals surface area contributed by atoms with E-state index in [1.165, 1.54) is 11.3 Å². The van der Waals surface area contributed by atoms with Crippen LogP contribution in [0.1, 0.15) is 66.0 Å². The zero-order chi connectivity index (χ0) is 22.2. The summed E-state index contributed by atoms with van der Waals surface area (Å²) in [5.74, 6) is -0.0340. The Morgan fingerprint density at radius 1 is 0.969 bits per heavy atom. The number of carbonyl (C=O) groups is 1. The number of ketones is 1. The molecule has 3 aliphatic rings. The molecule has 32 heavy (non-hydrogen) atoms. The molecule has 0 saturated carbocycles. The third-order valence-electron chi connectivity index (χ3n) is 6.76. The van der Waals surface area contributed by atoms with Crippen LogP contribution in [0.2, 0.25) is 0 Å². The molecule has 6 heteroatoms. The maximum absolute atomic E-state index is 13.2. The van der Waals surface area contributed by atoms with Crippen LogP contribution in [0.15, 0.2) is 53.0 Å². The molecule has 1 aromatic heterocycles. The van der Waals surface area contributed by atoms with Crippen LogP contribution in [0, 0.1) is 22.7 Å². The Morgan fingerprint density at radius 2 is 1.75 bits per heavy atom. The molecule has 0 radical (unpaired) electrons. The van der Waals surface area contributed by atoms with Crippen LogP contribution in [0.4, 0.5) is 5.00 Å². The molecule has 1 aromatic carbocycles. The van der Waals surface area contributed by atoms with E-state index in [-0.39, 0.29) is 5.78 Å². The minimum atomic E-state index is -0.455. The standard InChI is InChI=1S/C26H24N4OS/c27-14-18-17-10-5-2-6-13-22(17)32-26(18)30-20-11-7-12-21(31)24(20)23(19(15-28)25(30)29)16-8-3-1-4-9-16/h1,3-4,8-9,23H,2,5-7,10-13,29H2/t23-/m1/s1. The lowest BCUT2D eigenvalue weighted by atomic mass is 9.75. The van der Waals surface area contributed by atoms with E-state index in [2.05, 4.69) is 12.1 Å². The summed E-state index contributed by atoms with van der Waals surface area (Å²) in [6.07, 6.45) is 7.16. The number of thiophene rings is 1. The second-order valence-electron chi connectivity index (χ2n) is 8.58. The monoisotopic (exact) mass is 440 g/mol. The molecule has 0 spiro atoms. The lowest BCUT2D eigenvalue weighted by Crippen LogP contribution is -2.38. The average Bonchev–Trinajstić information content (AvgIpc) is 2.98. The van der Waals surface area contributed by atoms with Crippen LogP contribution in [0.25, 0.3) is 0 Å². The summed E-state index contributed by atoms with van der Waals surface area (Å²) in [6.45, 7) is 0. The maximum Gasteiger partial charge on any atom is 0.161 e. The Bertz CT molecular complexity index is 1240.